The average molecular weight is 440 g/mol. The molecule has 0 radical (unpaired) electrons. The molecule has 6 nitrogen and oxygen atoms in total. The van der Waals surface area contributed by atoms with E-state index in [4.69, 9.17) is 4.52 Å². The molecule has 1 aromatic rings. The van der Waals surface area contributed by atoms with Gasteiger partial charge in [-0.3, -0.25) is 4.57 Å². The second kappa shape index (κ2) is 9.33. The van der Waals surface area contributed by atoms with Gasteiger partial charge in [-0.05, 0) is 54.2 Å². The zero-order valence-electron chi connectivity index (χ0n) is 15.6. The Balaban J connectivity index is 3.77. The maximum absolute atomic E-state index is 12.5. The van der Waals surface area contributed by atoms with Gasteiger partial charge in [0.05, 0.1) is 0 Å². The van der Waals surface area contributed by atoms with Gasteiger partial charge in [0.2, 0.25) is 4.35 Å². The Hall–Kier alpha value is -0.200. The molecule has 0 aliphatic carbocycles. The van der Waals surface area contributed by atoms with Gasteiger partial charge in [0, 0.05) is 4.90 Å². The van der Waals surface area contributed by atoms with Crippen molar-refractivity contribution >= 4 is 43.5 Å². The summed E-state index contributed by atoms with van der Waals surface area (Å²) < 4.78 is 28.0. The van der Waals surface area contributed by atoms with Gasteiger partial charge in [-0.1, -0.05) is 39.9 Å². The zero-order chi connectivity index (χ0) is 20.3. The summed E-state index contributed by atoms with van der Waals surface area (Å²) in [4.78, 5) is 29.7. The number of hydrogen-bond acceptors (Lipinski definition) is 5. The van der Waals surface area contributed by atoms with Crippen molar-refractivity contribution in [1.29, 1.82) is 0 Å². The maximum atomic E-state index is 12.5. The molecule has 0 heterocycles. The Morgan fingerprint density at radius 2 is 1.31 bits per heavy atom. The molecule has 0 saturated carbocycles. The van der Waals surface area contributed by atoms with E-state index < -0.39 is 19.5 Å². The molecule has 0 fully saturated rings. The fraction of sp³-hybridized carbons (Fsp3) is 0.562. The molecule has 0 amide bonds. The summed E-state index contributed by atoms with van der Waals surface area (Å²) in [6.45, 7) is 7.84. The maximum Gasteiger partial charge on any atom is 0.427 e. The minimum Gasteiger partial charge on any atom is -0.420 e. The van der Waals surface area contributed by atoms with Crippen molar-refractivity contribution in [2.24, 2.45) is 0 Å². The Morgan fingerprint density at radius 1 is 0.923 bits per heavy atom. The van der Waals surface area contributed by atoms with Gasteiger partial charge >= 0.3 is 15.2 Å². The molecule has 3 N–H and O–H groups in total. The van der Waals surface area contributed by atoms with Gasteiger partial charge < -0.3 is 19.2 Å². The first-order chi connectivity index (χ1) is 12.0. The molecule has 26 heavy (non-hydrogen) atoms. The summed E-state index contributed by atoms with van der Waals surface area (Å²) in [5.74, 6) is 0.239. The van der Waals surface area contributed by atoms with Crippen molar-refractivity contribution in [3.05, 3.63) is 22.3 Å². The standard InChI is InChI=1S/C16H26O6P2S2/c1-6-10-12(8-3)15(26-5)13(9-4)11(7-2)14(10)22-24(20,21)16(25)23(17,18)19/h6-9H2,1-5H3,(H,20,21)(H2,17,18,19). The molecular weight excluding hydrogens is 414 g/mol. The molecule has 1 aromatic carbocycles. The van der Waals surface area contributed by atoms with Crippen LogP contribution >= 0.6 is 39.2 Å². The lowest BCUT2D eigenvalue weighted by molar-refractivity contribution is 0.383. The molecule has 0 aromatic heterocycles. The monoisotopic (exact) mass is 440 g/mol. The Morgan fingerprint density at radius 3 is 1.58 bits per heavy atom. The van der Waals surface area contributed by atoms with Crippen LogP contribution < -0.4 is 4.52 Å². The van der Waals surface area contributed by atoms with E-state index in [-0.39, 0.29) is 5.75 Å². The van der Waals surface area contributed by atoms with Gasteiger partial charge in [-0.2, -0.15) is 0 Å². The van der Waals surface area contributed by atoms with Crippen molar-refractivity contribution in [3.8, 4) is 5.75 Å². The minimum absolute atomic E-state index is 0.239. The number of thiocarbonyl (C=S) groups is 1. The molecular formula is C16H26O6P2S2. The van der Waals surface area contributed by atoms with Crippen LogP contribution in [-0.2, 0) is 34.8 Å². The molecule has 0 bridgehead atoms. The highest BCUT2D eigenvalue weighted by atomic mass is 32.2. The van der Waals surface area contributed by atoms with Crippen LogP contribution in [0.2, 0.25) is 0 Å². The highest BCUT2D eigenvalue weighted by molar-refractivity contribution is 8.16. The van der Waals surface area contributed by atoms with Gasteiger partial charge in [0.15, 0.2) is 0 Å². The summed E-state index contributed by atoms with van der Waals surface area (Å²) in [5, 5.41) is 0. The van der Waals surface area contributed by atoms with Crippen LogP contribution in [0.25, 0.3) is 0 Å². The topological polar surface area (TPSA) is 104 Å². The van der Waals surface area contributed by atoms with Crippen LogP contribution in [0.3, 0.4) is 0 Å². The predicted octanol–water partition coefficient (Wildman–Crippen LogP) is 4.68. The van der Waals surface area contributed by atoms with Gasteiger partial charge in [-0.25, -0.2) is 4.57 Å². The lowest BCUT2D eigenvalue weighted by atomic mass is 9.91. The third-order valence-electron chi connectivity index (χ3n) is 4.15. The predicted molar refractivity (Wildman–Crippen MR) is 111 cm³/mol. The van der Waals surface area contributed by atoms with Gasteiger partial charge in [-0.15, -0.1) is 11.8 Å². The third kappa shape index (κ3) is 4.79. The first-order valence-electron chi connectivity index (χ1n) is 8.36. The van der Waals surface area contributed by atoms with Crippen LogP contribution in [0, 0.1) is 0 Å². The van der Waals surface area contributed by atoms with E-state index in [0.29, 0.717) is 25.7 Å². The lowest BCUT2D eigenvalue weighted by Gasteiger charge is -2.26. The van der Waals surface area contributed by atoms with Crippen LogP contribution in [0.1, 0.15) is 49.9 Å². The summed E-state index contributed by atoms with van der Waals surface area (Å²) >= 11 is 6.18. The first-order valence-corrected chi connectivity index (χ1v) is 13.2. The molecule has 0 aliphatic rings. The summed E-state index contributed by atoms with van der Waals surface area (Å²) in [5.41, 5.74) is 3.64. The fourth-order valence-corrected chi connectivity index (χ4v) is 6.22. The molecule has 1 atom stereocenters. The lowest BCUT2D eigenvalue weighted by Crippen LogP contribution is -2.11. The first kappa shape index (κ1) is 23.8. The summed E-state index contributed by atoms with van der Waals surface area (Å²) in [6.07, 6.45) is 4.54. The van der Waals surface area contributed by atoms with E-state index in [1.165, 1.54) is 0 Å². The van der Waals surface area contributed by atoms with Crippen molar-refractivity contribution in [3.63, 3.8) is 0 Å². The van der Waals surface area contributed by atoms with Crippen LogP contribution in [0.4, 0.5) is 0 Å². The summed E-state index contributed by atoms with van der Waals surface area (Å²) in [6, 6.07) is 0. The normalized spacial score (nSPS) is 14.2. The second-order valence-electron chi connectivity index (χ2n) is 5.63. The minimum atomic E-state index is -5.03. The van der Waals surface area contributed by atoms with Crippen molar-refractivity contribution in [2.45, 2.75) is 58.3 Å². The van der Waals surface area contributed by atoms with Crippen LogP contribution in [0.15, 0.2) is 4.90 Å². The van der Waals surface area contributed by atoms with E-state index in [0.717, 1.165) is 27.1 Å². The van der Waals surface area contributed by atoms with Gasteiger partial charge in [0.1, 0.15) is 5.75 Å². The molecule has 10 heteroatoms. The van der Waals surface area contributed by atoms with Crippen LogP contribution in [-0.4, -0.2) is 25.3 Å². The molecule has 148 valence electrons. The molecule has 0 aliphatic heterocycles. The molecule has 0 spiro atoms. The smallest absolute Gasteiger partial charge is 0.420 e. The Kier molecular flexibility index (Phi) is 8.56. The molecule has 1 unspecified atom stereocenters. The van der Waals surface area contributed by atoms with Crippen LogP contribution in [0.5, 0.6) is 5.75 Å². The quantitative estimate of drug-likeness (QED) is 0.289. The van der Waals surface area contributed by atoms with Gasteiger partial charge in [0.25, 0.3) is 0 Å². The van der Waals surface area contributed by atoms with Crippen molar-refractivity contribution in [2.75, 3.05) is 6.26 Å². The Bertz CT molecular complexity index is 754. The largest absolute Gasteiger partial charge is 0.427 e. The summed E-state index contributed by atoms with van der Waals surface area (Å²) in [7, 11) is -9.86. The highest BCUT2D eigenvalue weighted by Crippen LogP contribution is 2.59. The van der Waals surface area contributed by atoms with E-state index in [2.05, 4.69) is 12.2 Å². The molecule has 0 saturated heterocycles. The second-order valence-corrected chi connectivity index (χ2v) is 11.0. The number of benzene rings is 1. The van der Waals surface area contributed by atoms with E-state index in [9.17, 15) is 23.8 Å². The fourth-order valence-electron chi connectivity index (χ4n) is 3.09. The Labute approximate surface area is 164 Å². The van der Waals surface area contributed by atoms with E-state index in [1.807, 2.05) is 34.0 Å². The molecule has 1 rings (SSSR count). The SMILES string of the molecule is CCc1c(CC)c(SC)c(CC)c(CC)c1OP(=O)(O)C(=S)P(=O)(O)O. The van der Waals surface area contributed by atoms with Crippen molar-refractivity contribution < 1.29 is 28.3 Å². The zero-order valence-corrected chi connectivity index (χ0v) is 19.0. The van der Waals surface area contributed by atoms with E-state index >= 15 is 0 Å². The third-order valence-corrected chi connectivity index (χ3v) is 9.41. The van der Waals surface area contributed by atoms with E-state index in [1.54, 1.807) is 11.8 Å². The van der Waals surface area contributed by atoms with Crippen molar-refractivity contribution in [1.82, 2.24) is 0 Å². The number of thioether (sulfide) groups is 1. The number of hydrogen-bond donors (Lipinski definition) is 3. The highest BCUT2D eigenvalue weighted by Gasteiger charge is 2.41. The average Bonchev–Trinajstić information content (AvgIpc) is 2.58. The number of rotatable bonds is 9.